The van der Waals surface area contributed by atoms with Crippen LogP contribution in [-0.2, 0) is 6.54 Å². The largest absolute Gasteiger partial charge is 0.335 e. The highest BCUT2D eigenvalue weighted by atomic mass is 32.2. The standard InChI is InChI=1S/C44H43N2S2/c1-3-23-45-39-21-19-36(33-11-7-5-8-12-33)29-41(39)47-43(45)27-31-15-17-35-18-16-32(26-38(35)25-31)28-44-46(24-4-2)40-22-20-37(30-42(40)48-44)34-13-9-6-10-14-34/h5-14,19-22,25-30,35H,3-4,15-18,23-24H2,1-2H3/q+1. The fourth-order valence-corrected chi connectivity index (χ4v) is 9.92. The van der Waals surface area contributed by atoms with Crippen molar-refractivity contribution in [2.75, 3.05) is 11.4 Å². The van der Waals surface area contributed by atoms with Crippen molar-refractivity contribution in [1.82, 2.24) is 0 Å². The molecule has 3 aliphatic rings. The molecule has 0 saturated heterocycles. The third kappa shape index (κ3) is 6.24. The summed E-state index contributed by atoms with van der Waals surface area (Å²) in [5, 5.41) is 2.74. The van der Waals surface area contributed by atoms with Crippen molar-refractivity contribution in [2.45, 2.75) is 63.8 Å². The number of fused-ring (bicyclic) bond motifs is 3. The zero-order valence-electron chi connectivity index (χ0n) is 28.0. The first-order valence-electron chi connectivity index (χ1n) is 17.7. The molecule has 0 fully saturated rings. The third-order valence-corrected chi connectivity index (χ3v) is 12.1. The Morgan fingerprint density at radius 1 is 0.750 bits per heavy atom. The summed E-state index contributed by atoms with van der Waals surface area (Å²) in [6.45, 7) is 6.66. The molecule has 5 aromatic rings. The summed E-state index contributed by atoms with van der Waals surface area (Å²) in [5.41, 5.74) is 12.3. The first-order chi connectivity index (χ1) is 23.7. The predicted molar refractivity (Wildman–Crippen MR) is 207 cm³/mol. The molecule has 0 radical (unpaired) electrons. The van der Waals surface area contributed by atoms with E-state index in [-0.39, 0.29) is 0 Å². The van der Waals surface area contributed by atoms with Gasteiger partial charge in [0.2, 0.25) is 5.52 Å². The second-order valence-electron chi connectivity index (χ2n) is 13.3. The minimum Gasteiger partial charge on any atom is -0.335 e. The number of aromatic nitrogens is 1. The van der Waals surface area contributed by atoms with Gasteiger partial charge in [0.25, 0.3) is 5.01 Å². The van der Waals surface area contributed by atoms with Gasteiger partial charge in [-0.1, -0.05) is 116 Å². The second-order valence-corrected chi connectivity index (χ2v) is 15.4. The number of nitrogens with zero attached hydrogens (tertiary/aromatic N) is 2. The zero-order chi connectivity index (χ0) is 32.5. The number of rotatable bonds is 8. The van der Waals surface area contributed by atoms with Gasteiger partial charge in [0.05, 0.1) is 10.7 Å². The quantitative estimate of drug-likeness (QED) is 0.153. The van der Waals surface area contributed by atoms with E-state index in [0.29, 0.717) is 5.92 Å². The fourth-order valence-electron chi connectivity index (χ4n) is 7.51. The molecule has 0 spiro atoms. The van der Waals surface area contributed by atoms with Crippen LogP contribution in [0.25, 0.3) is 38.5 Å². The van der Waals surface area contributed by atoms with Gasteiger partial charge in [0, 0.05) is 30.0 Å². The van der Waals surface area contributed by atoms with Crippen LogP contribution in [0.3, 0.4) is 0 Å². The van der Waals surface area contributed by atoms with Gasteiger partial charge < -0.3 is 4.90 Å². The maximum Gasteiger partial charge on any atom is 0.263 e. The Balaban J connectivity index is 1.09. The van der Waals surface area contributed by atoms with Crippen LogP contribution in [0.15, 0.2) is 142 Å². The number of thioether (sulfide) groups is 1. The van der Waals surface area contributed by atoms with Crippen LogP contribution in [0.2, 0.25) is 0 Å². The lowest BCUT2D eigenvalue weighted by atomic mass is 9.77. The Hall–Kier alpha value is -4.12. The van der Waals surface area contributed by atoms with Gasteiger partial charge in [-0.05, 0) is 107 Å². The zero-order valence-corrected chi connectivity index (χ0v) is 29.6. The van der Waals surface area contributed by atoms with Crippen molar-refractivity contribution >= 4 is 45.1 Å². The van der Waals surface area contributed by atoms with Crippen LogP contribution < -0.4 is 9.47 Å². The molecule has 1 aliphatic heterocycles. The molecule has 2 heterocycles. The first-order valence-corrected chi connectivity index (χ1v) is 19.3. The normalized spacial score (nSPS) is 19.0. The molecule has 0 N–H and O–H groups in total. The highest BCUT2D eigenvalue weighted by Gasteiger charge is 2.28. The smallest absolute Gasteiger partial charge is 0.263 e. The summed E-state index contributed by atoms with van der Waals surface area (Å²) >= 11 is 3.88. The van der Waals surface area contributed by atoms with Crippen LogP contribution >= 0.6 is 23.1 Å². The molecule has 1 unspecified atom stereocenters. The third-order valence-electron chi connectivity index (χ3n) is 9.93. The summed E-state index contributed by atoms with van der Waals surface area (Å²) in [6.07, 6.45) is 17.1. The molecule has 2 nitrogen and oxygen atoms in total. The summed E-state index contributed by atoms with van der Waals surface area (Å²) in [4.78, 5) is 3.91. The predicted octanol–water partition coefficient (Wildman–Crippen LogP) is 12.2. The molecular weight excluding hydrogens is 621 g/mol. The molecule has 1 aromatic heterocycles. The van der Waals surface area contributed by atoms with Gasteiger partial charge >= 0.3 is 0 Å². The van der Waals surface area contributed by atoms with Crippen LogP contribution in [0.1, 0.15) is 57.4 Å². The topological polar surface area (TPSA) is 7.12 Å². The lowest BCUT2D eigenvalue weighted by Crippen LogP contribution is -2.34. The summed E-state index contributed by atoms with van der Waals surface area (Å²) < 4.78 is 3.91. The molecule has 240 valence electrons. The molecule has 0 amide bonds. The van der Waals surface area contributed by atoms with E-state index in [1.54, 1.807) is 0 Å². The number of anilines is 1. The van der Waals surface area contributed by atoms with Crippen LogP contribution in [0, 0.1) is 5.92 Å². The van der Waals surface area contributed by atoms with Gasteiger partial charge in [-0.25, -0.2) is 0 Å². The minimum atomic E-state index is 0.677. The highest BCUT2D eigenvalue weighted by Crippen LogP contribution is 2.49. The van der Waals surface area contributed by atoms with Gasteiger partial charge in [-0.2, -0.15) is 4.57 Å². The Morgan fingerprint density at radius 3 is 2.23 bits per heavy atom. The molecule has 48 heavy (non-hydrogen) atoms. The van der Waals surface area contributed by atoms with E-state index in [1.165, 1.54) is 82.7 Å². The number of allylic oxidation sites excluding steroid dienone is 6. The van der Waals surface area contributed by atoms with Crippen LogP contribution in [0.4, 0.5) is 5.69 Å². The van der Waals surface area contributed by atoms with Crippen molar-refractivity contribution < 1.29 is 4.57 Å². The van der Waals surface area contributed by atoms with E-state index in [0.717, 1.165) is 38.8 Å². The number of hydrogen-bond donors (Lipinski definition) is 0. The first kappa shape index (κ1) is 31.2. The number of hydrogen-bond acceptors (Lipinski definition) is 3. The average Bonchev–Trinajstić information content (AvgIpc) is 3.64. The van der Waals surface area contributed by atoms with E-state index in [2.05, 4.69) is 145 Å². The molecule has 4 heteroatoms. The Kier molecular flexibility index (Phi) is 8.95. The maximum atomic E-state index is 2.54. The number of thiazole rings is 1. The van der Waals surface area contributed by atoms with Crippen molar-refractivity contribution in [3.63, 3.8) is 0 Å². The average molecular weight is 664 g/mol. The lowest BCUT2D eigenvalue weighted by Gasteiger charge is -2.28. The lowest BCUT2D eigenvalue weighted by molar-refractivity contribution is -0.668. The second kappa shape index (κ2) is 13.8. The van der Waals surface area contributed by atoms with E-state index >= 15 is 0 Å². The Labute approximate surface area is 293 Å². The fraction of sp³-hybridized carbons (Fsp3) is 0.250. The summed E-state index contributed by atoms with van der Waals surface area (Å²) in [7, 11) is 0. The van der Waals surface area contributed by atoms with Gasteiger partial charge in [-0.3, -0.25) is 0 Å². The molecule has 0 saturated carbocycles. The maximum absolute atomic E-state index is 2.54. The van der Waals surface area contributed by atoms with Crippen molar-refractivity contribution in [3.05, 3.63) is 142 Å². The van der Waals surface area contributed by atoms with Crippen molar-refractivity contribution in [2.24, 2.45) is 5.92 Å². The molecule has 1 atom stereocenters. The van der Waals surface area contributed by atoms with Crippen molar-refractivity contribution in [3.8, 4) is 22.3 Å². The molecular formula is C44H43N2S2+. The van der Waals surface area contributed by atoms with Crippen LogP contribution in [-0.4, -0.2) is 6.54 Å². The summed E-state index contributed by atoms with van der Waals surface area (Å²) in [6, 6.07) is 35.5. The van der Waals surface area contributed by atoms with Gasteiger partial charge in [0.15, 0.2) is 0 Å². The molecule has 8 rings (SSSR count). The Bertz CT molecular complexity index is 2080. The van der Waals surface area contributed by atoms with Gasteiger partial charge in [-0.15, -0.1) is 0 Å². The van der Waals surface area contributed by atoms with E-state index < -0.39 is 0 Å². The van der Waals surface area contributed by atoms with Crippen LogP contribution in [0.5, 0.6) is 0 Å². The minimum absolute atomic E-state index is 0.677. The number of aryl methyl sites for hydroxylation is 1. The molecule has 4 aromatic carbocycles. The highest BCUT2D eigenvalue weighted by molar-refractivity contribution is 8.03. The monoisotopic (exact) mass is 663 g/mol. The van der Waals surface area contributed by atoms with E-state index in [9.17, 15) is 0 Å². The SMILES string of the molecule is CCCN1/C(=C/C2=CC3=C/C(=C/c4sc5cc(-c6ccccc6)ccc5[n+]4CCC)CCC3CC2)Sc2cc(-c3ccccc3)ccc21. The molecule has 2 aliphatic carbocycles. The van der Waals surface area contributed by atoms with Gasteiger partial charge in [0.1, 0.15) is 11.2 Å². The van der Waals surface area contributed by atoms with E-state index in [1.807, 2.05) is 23.1 Å². The molecule has 0 bridgehead atoms. The Morgan fingerprint density at radius 2 is 1.48 bits per heavy atom. The van der Waals surface area contributed by atoms with Crippen molar-refractivity contribution in [1.29, 1.82) is 0 Å². The van der Waals surface area contributed by atoms with E-state index in [4.69, 9.17) is 0 Å². The number of benzene rings is 4. The summed E-state index contributed by atoms with van der Waals surface area (Å²) in [5.74, 6) is 0.677.